The summed E-state index contributed by atoms with van der Waals surface area (Å²) in [6.45, 7) is 5.80. The van der Waals surface area contributed by atoms with Gasteiger partial charge in [-0.15, -0.1) is 11.3 Å². The first kappa shape index (κ1) is 19.7. The number of carbonyl (C=O) groups excluding carboxylic acids is 1. The summed E-state index contributed by atoms with van der Waals surface area (Å²) < 4.78 is 19.6. The summed E-state index contributed by atoms with van der Waals surface area (Å²) in [6.07, 6.45) is 3.69. The summed E-state index contributed by atoms with van der Waals surface area (Å²) in [5.74, 6) is 0.0204. The Morgan fingerprint density at radius 2 is 2.24 bits per heavy atom. The average molecular weight is 415 g/mol. The van der Waals surface area contributed by atoms with Crippen LogP contribution in [0.4, 0.5) is 10.3 Å². The van der Waals surface area contributed by atoms with Crippen LogP contribution in [0.25, 0.3) is 10.2 Å². The molecular weight excluding hydrogens is 393 g/mol. The Hall–Kier alpha value is -2.65. The van der Waals surface area contributed by atoms with E-state index in [1.54, 1.807) is 6.20 Å². The third-order valence-corrected chi connectivity index (χ3v) is 5.90. The minimum atomic E-state index is -0.406. The van der Waals surface area contributed by atoms with E-state index >= 15 is 0 Å². The molecule has 2 atom stereocenters. The highest BCUT2D eigenvalue weighted by Crippen LogP contribution is 2.28. The van der Waals surface area contributed by atoms with Gasteiger partial charge in [-0.25, -0.2) is 14.4 Å². The zero-order valence-corrected chi connectivity index (χ0v) is 17.1. The molecule has 4 rings (SSSR count). The van der Waals surface area contributed by atoms with E-state index in [1.807, 2.05) is 19.9 Å². The predicted octanol–water partition coefficient (Wildman–Crippen LogP) is 3.47. The van der Waals surface area contributed by atoms with Crippen LogP contribution in [0.5, 0.6) is 0 Å². The van der Waals surface area contributed by atoms with E-state index in [0.717, 1.165) is 28.8 Å². The van der Waals surface area contributed by atoms with Crippen molar-refractivity contribution in [1.29, 1.82) is 0 Å². The molecule has 7 nitrogen and oxygen atoms in total. The van der Waals surface area contributed by atoms with Crippen LogP contribution in [0, 0.1) is 18.7 Å². The number of hydrogen-bond donors (Lipinski definition) is 2. The monoisotopic (exact) mass is 415 g/mol. The third kappa shape index (κ3) is 4.51. The number of fused-ring (bicyclic) bond motifs is 1. The highest BCUT2D eigenvalue weighted by Gasteiger charge is 2.21. The van der Waals surface area contributed by atoms with Gasteiger partial charge in [-0.05, 0) is 38.0 Å². The zero-order chi connectivity index (χ0) is 20.4. The number of nitrogens with one attached hydrogen (secondary N) is 2. The maximum atomic E-state index is 13.5. The number of carbonyl (C=O) groups is 1. The van der Waals surface area contributed by atoms with E-state index in [0.29, 0.717) is 41.8 Å². The van der Waals surface area contributed by atoms with E-state index in [9.17, 15) is 9.18 Å². The molecule has 29 heavy (non-hydrogen) atoms. The van der Waals surface area contributed by atoms with E-state index in [-0.39, 0.29) is 11.9 Å². The van der Waals surface area contributed by atoms with Crippen molar-refractivity contribution in [3.8, 4) is 0 Å². The van der Waals surface area contributed by atoms with Crippen LogP contribution in [-0.4, -0.2) is 40.6 Å². The first-order valence-electron chi connectivity index (χ1n) is 9.50. The number of amides is 1. The highest BCUT2D eigenvalue weighted by atomic mass is 32.1. The lowest BCUT2D eigenvalue weighted by Gasteiger charge is -2.15. The Labute approximate surface area is 171 Å². The molecule has 1 saturated heterocycles. The van der Waals surface area contributed by atoms with Crippen LogP contribution < -0.4 is 10.6 Å². The number of aryl methyl sites for hydroxylation is 1. The van der Waals surface area contributed by atoms with Crippen molar-refractivity contribution >= 4 is 33.4 Å². The molecule has 152 valence electrons. The molecule has 1 amide bonds. The normalized spacial score (nSPS) is 17.4. The third-order valence-electron chi connectivity index (χ3n) is 4.86. The SMILES string of the molecule is Cc1cc2nc(N[C@@H](C)c3cncc(F)c3)nc(C(=O)NC[C@H]3CCOC3)c2s1. The number of thiophene rings is 1. The Morgan fingerprint density at radius 1 is 1.38 bits per heavy atom. The fraction of sp³-hybridized carbons (Fsp3) is 0.400. The largest absolute Gasteiger partial charge is 0.381 e. The summed E-state index contributed by atoms with van der Waals surface area (Å²) in [4.78, 5) is 26.8. The highest BCUT2D eigenvalue weighted by molar-refractivity contribution is 7.19. The second-order valence-corrected chi connectivity index (χ2v) is 8.47. The van der Waals surface area contributed by atoms with Crippen LogP contribution >= 0.6 is 11.3 Å². The predicted molar refractivity (Wildman–Crippen MR) is 110 cm³/mol. The van der Waals surface area contributed by atoms with E-state index in [2.05, 4.69) is 25.6 Å². The maximum absolute atomic E-state index is 13.5. The number of halogens is 1. The molecule has 0 unspecified atom stereocenters. The Balaban J connectivity index is 1.58. The van der Waals surface area contributed by atoms with Gasteiger partial charge in [0.2, 0.25) is 5.95 Å². The molecular formula is C20H22FN5O2S. The molecule has 0 aliphatic carbocycles. The topological polar surface area (TPSA) is 89.0 Å². The molecule has 4 heterocycles. The van der Waals surface area contributed by atoms with Gasteiger partial charge in [0.05, 0.1) is 29.1 Å². The molecule has 0 bridgehead atoms. The van der Waals surface area contributed by atoms with Crippen molar-refractivity contribution in [2.75, 3.05) is 25.1 Å². The lowest BCUT2D eigenvalue weighted by Crippen LogP contribution is -2.30. The minimum Gasteiger partial charge on any atom is -0.381 e. The quantitative estimate of drug-likeness (QED) is 0.641. The van der Waals surface area contributed by atoms with Crippen LogP contribution in [0.15, 0.2) is 24.5 Å². The van der Waals surface area contributed by atoms with Gasteiger partial charge in [0.1, 0.15) is 5.82 Å². The van der Waals surface area contributed by atoms with Crippen LogP contribution in [0.2, 0.25) is 0 Å². The minimum absolute atomic E-state index is 0.228. The first-order valence-corrected chi connectivity index (χ1v) is 10.3. The van der Waals surface area contributed by atoms with Gasteiger partial charge in [0, 0.05) is 30.1 Å². The van der Waals surface area contributed by atoms with E-state index in [4.69, 9.17) is 4.74 Å². The molecule has 3 aromatic heterocycles. The van der Waals surface area contributed by atoms with Crippen LogP contribution in [-0.2, 0) is 4.74 Å². The molecule has 1 aliphatic heterocycles. The molecule has 2 N–H and O–H groups in total. The van der Waals surface area contributed by atoms with Crippen molar-refractivity contribution < 1.29 is 13.9 Å². The summed E-state index contributed by atoms with van der Waals surface area (Å²) in [5.41, 5.74) is 1.73. The molecule has 9 heteroatoms. The summed E-state index contributed by atoms with van der Waals surface area (Å²) in [6, 6.07) is 3.07. The first-order chi connectivity index (χ1) is 14.0. The number of aromatic nitrogens is 3. The van der Waals surface area contributed by atoms with Crippen molar-refractivity contribution in [1.82, 2.24) is 20.3 Å². The number of rotatable bonds is 6. The Bertz CT molecular complexity index is 1030. The molecule has 3 aromatic rings. The fourth-order valence-corrected chi connectivity index (χ4v) is 4.21. The summed E-state index contributed by atoms with van der Waals surface area (Å²) in [5, 5.41) is 6.13. The molecule has 0 saturated carbocycles. The van der Waals surface area contributed by atoms with Gasteiger partial charge in [0.25, 0.3) is 5.91 Å². The van der Waals surface area contributed by atoms with Gasteiger partial charge in [-0.2, -0.15) is 0 Å². The van der Waals surface area contributed by atoms with Gasteiger partial charge in [-0.1, -0.05) is 0 Å². The maximum Gasteiger partial charge on any atom is 0.271 e. The average Bonchev–Trinajstić information content (AvgIpc) is 3.34. The standard InChI is InChI=1S/C20H22FN5O2S/c1-11-5-16-18(29-11)17(19(27)23-7-13-3-4-28-10-13)26-20(25-16)24-12(2)14-6-15(21)9-22-8-14/h5-6,8-9,12-13H,3-4,7,10H2,1-2H3,(H,23,27)(H,24,25,26)/t12-,13+/m0/s1. The lowest BCUT2D eigenvalue weighted by atomic mass is 10.1. The van der Waals surface area contributed by atoms with Gasteiger partial charge in [0.15, 0.2) is 5.69 Å². The number of anilines is 1. The summed E-state index contributed by atoms with van der Waals surface area (Å²) in [7, 11) is 0. The smallest absolute Gasteiger partial charge is 0.271 e. The summed E-state index contributed by atoms with van der Waals surface area (Å²) >= 11 is 1.49. The second kappa shape index (κ2) is 8.38. The van der Waals surface area contributed by atoms with Gasteiger partial charge < -0.3 is 15.4 Å². The number of pyridine rings is 1. The Kier molecular flexibility index (Phi) is 5.68. The van der Waals surface area contributed by atoms with Crippen LogP contribution in [0.3, 0.4) is 0 Å². The number of nitrogens with zero attached hydrogens (tertiary/aromatic N) is 3. The molecule has 0 spiro atoms. The van der Waals surface area contributed by atoms with E-state index in [1.165, 1.54) is 17.4 Å². The Morgan fingerprint density at radius 3 is 3.00 bits per heavy atom. The molecule has 1 aliphatic rings. The molecule has 0 radical (unpaired) electrons. The van der Waals surface area contributed by atoms with Crippen molar-refractivity contribution in [2.24, 2.45) is 5.92 Å². The van der Waals surface area contributed by atoms with Gasteiger partial charge in [-0.3, -0.25) is 9.78 Å². The van der Waals surface area contributed by atoms with Crippen molar-refractivity contribution in [2.45, 2.75) is 26.3 Å². The van der Waals surface area contributed by atoms with Crippen molar-refractivity contribution in [3.63, 3.8) is 0 Å². The van der Waals surface area contributed by atoms with Gasteiger partial charge >= 0.3 is 0 Å². The second-order valence-electron chi connectivity index (χ2n) is 7.21. The van der Waals surface area contributed by atoms with Crippen molar-refractivity contribution in [3.05, 3.63) is 46.5 Å². The molecule has 0 aromatic carbocycles. The fourth-order valence-electron chi connectivity index (χ4n) is 3.27. The van der Waals surface area contributed by atoms with Crippen LogP contribution in [0.1, 0.15) is 40.3 Å². The molecule has 1 fully saturated rings. The zero-order valence-electron chi connectivity index (χ0n) is 16.2. The van der Waals surface area contributed by atoms with E-state index < -0.39 is 5.82 Å². The number of hydrogen-bond acceptors (Lipinski definition) is 7. The lowest BCUT2D eigenvalue weighted by molar-refractivity contribution is 0.0942. The number of ether oxygens (including phenoxy) is 1.